The van der Waals surface area contributed by atoms with Crippen LogP contribution in [0.1, 0.15) is 0 Å². The van der Waals surface area contributed by atoms with E-state index >= 15 is 0 Å². The molecule has 0 spiro atoms. The molecule has 7 heteroatoms. The van der Waals surface area contributed by atoms with Gasteiger partial charge in [0.2, 0.25) is 16.6 Å². The Kier molecular flexibility index (Phi) is 2.57. The maximum atomic E-state index is 13.8. The molecule has 1 aromatic rings. The lowest BCUT2D eigenvalue weighted by atomic mass is 10.3. The molecule has 0 saturated heterocycles. The van der Waals surface area contributed by atoms with Gasteiger partial charge in [-0.15, -0.1) is 0 Å². The van der Waals surface area contributed by atoms with Crippen LogP contribution in [0, 0.1) is 23.3 Å². The van der Waals surface area contributed by atoms with E-state index in [2.05, 4.69) is 0 Å². The van der Waals surface area contributed by atoms with Gasteiger partial charge in [0.05, 0.1) is 0 Å². The summed E-state index contributed by atoms with van der Waals surface area (Å²) < 4.78 is 59.8. The molecule has 1 nitrogen and oxygen atoms in total. The molecule has 2 rings (SSSR count). The zero-order valence-electron chi connectivity index (χ0n) is 9.92. The van der Waals surface area contributed by atoms with E-state index in [1.807, 2.05) is 0 Å². The lowest BCUT2D eigenvalue weighted by Crippen LogP contribution is -2.49. The van der Waals surface area contributed by atoms with E-state index < -0.39 is 39.9 Å². The van der Waals surface area contributed by atoms with Crippen molar-refractivity contribution < 1.29 is 21.7 Å². The number of rotatable bonds is 0. The first-order valence-electron chi connectivity index (χ1n) is 5.16. The smallest absolute Gasteiger partial charge is 0.209 e. The fraction of sp³-hybridized carbons (Fsp3) is 0.400. The van der Waals surface area contributed by atoms with Crippen molar-refractivity contribution in [2.24, 2.45) is 0 Å². The summed E-state index contributed by atoms with van der Waals surface area (Å²) in [5.74, 6) is -6.04. The first-order valence-corrected chi connectivity index (χ1v) is 11.0. The van der Waals surface area contributed by atoms with Gasteiger partial charge in [-0.2, -0.15) is 0 Å². The second kappa shape index (κ2) is 3.42. The Bertz CT molecular complexity index is 469. The molecule has 94 valence electrons. The number of hydrogen-bond acceptors (Lipinski definition) is 1. The Morgan fingerprint density at radius 1 is 0.647 bits per heavy atom. The molecule has 0 fully saturated rings. The lowest BCUT2D eigenvalue weighted by Gasteiger charge is -2.22. The summed E-state index contributed by atoms with van der Waals surface area (Å²) in [4.78, 5) is 0. The Hall–Kier alpha value is -0.666. The van der Waals surface area contributed by atoms with Gasteiger partial charge in [0.1, 0.15) is 0 Å². The van der Waals surface area contributed by atoms with Crippen LogP contribution in [0.2, 0.25) is 26.2 Å². The summed E-state index contributed by atoms with van der Waals surface area (Å²) in [5, 5.41) is -0.101. The number of hydrogen-bond donors (Lipinski definition) is 0. The van der Waals surface area contributed by atoms with Gasteiger partial charge in [0.25, 0.3) is 0 Å². The quantitative estimate of drug-likeness (QED) is 0.306. The molecule has 1 aliphatic rings. The maximum absolute atomic E-state index is 13.8. The second-order valence-corrected chi connectivity index (χ2v) is 13.0. The Balaban J connectivity index is 2.92. The highest BCUT2D eigenvalue weighted by molar-refractivity contribution is 7.05. The minimum absolute atomic E-state index is 0.0504. The zero-order chi connectivity index (χ0) is 13.2. The van der Waals surface area contributed by atoms with E-state index in [0.717, 1.165) is 0 Å². The molecule has 0 atom stereocenters. The average Bonchev–Trinajstić information content (AvgIpc) is 2.36. The van der Waals surface area contributed by atoms with Gasteiger partial charge >= 0.3 is 0 Å². The van der Waals surface area contributed by atoms with Gasteiger partial charge in [0, 0.05) is 10.4 Å². The predicted octanol–water partition coefficient (Wildman–Crippen LogP) is 2.10. The Morgan fingerprint density at radius 2 is 0.941 bits per heavy atom. The van der Waals surface area contributed by atoms with Crippen LogP contribution in [0.5, 0.6) is 0 Å². The van der Waals surface area contributed by atoms with Gasteiger partial charge in [-0.1, -0.05) is 0 Å². The average molecular weight is 280 g/mol. The van der Waals surface area contributed by atoms with E-state index in [1.54, 1.807) is 26.2 Å². The van der Waals surface area contributed by atoms with Crippen LogP contribution in [-0.4, -0.2) is 16.6 Å². The van der Waals surface area contributed by atoms with Crippen LogP contribution in [0.15, 0.2) is 0 Å². The highest BCUT2D eigenvalue weighted by Gasteiger charge is 2.52. The van der Waals surface area contributed by atoms with Crippen molar-refractivity contribution in [1.29, 1.82) is 0 Å². The molecule has 0 aromatic heterocycles. The lowest BCUT2D eigenvalue weighted by molar-refractivity contribution is 0.415. The van der Waals surface area contributed by atoms with Crippen molar-refractivity contribution >= 4 is 27.0 Å². The summed E-state index contributed by atoms with van der Waals surface area (Å²) >= 11 is 0. The first kappa shape index (κ1) is 12.8. The fourth-order valence-corrected chi connectivity index (χ4v) is 12.9. The van der Waals surface area contributed by atoms with Crippen LogP contribution < -0.4 is 10.4 Å². The van der Waals surface area contributed by atoms with Crippen LogP contribution in [0.3, 0.4) is 0 Å². The molecule has 0 radical (unpaired) electrons. The van der Waals surface area contributed by atoms with E-state index in [1.165, 1.54) is 0 Å². The number of benzene rings is 1. The van der Waals surface area contributed by atoms with E-state index in [9.17, 15) is 17.6 Å². The Morgan fingerprint density at radius 3 is 1.24 bits per heavy atom. The zero-order valence-corrected chi connectivity index (χ0v) is 11.9. The molecule has 1 aromatic carbocycles. The van der Waals surface area contributed by atoms with E-state index in [4.69, 9.17) is 4.12 Å². The second-order valence-electron chi connectivity index (χ2n) is 5.13. The molecule has 1 aliphatic heterocycles. The maximum Gasteiger partial charge on any atom is 0.209 e. The molecule has 0 unspecified atom stereocenters. The molecule has 0 amide bonds. The molecular weight excluding hydrogens is 268 g/mol. The predicted molar refractivity (Wildman–Crippen MR) is 61.6 cm³/mol. The van der Waals surface area contributed by atoms with Crippen molar-refractivity contribution in [1.82, 2.24) is 0 Å². The number of halogens is 4. The fourth-order valence-electron chi connectivity index (χ4n) is 2.50. The van der Waals surface area contributed by atoms with Crippen LogP contribution >= 0.6 is 0 Å². The van der Waals surface area contributed by atoms with Gasteiger partial charge in [-0.3, -0.25) is 0 Å². The Labute approximate surface area is 98.7 Å². The standard InChI is InChI=1S/C10H12F4OSi2/c1-16(2)9-7(13)5(11)6(12)8(14)10(9)17(3,4)15-16/h1-4H3. The van der Waals surface area contributed by atoms with Crippen molar-refractivity contribution in [3.05, 3.63) is 23.3 Å². The third kappa shape index (κ3) is 1.60. The van der Waals surface area contributed by atoms with E-state index in [0.29, 0.717) is 0 Å². The largest absolute Gasteiger partial charge is 0.449 e. The van der Waals surface area contributed by atoms with Crippen molar-refractivity contribution in [3.8, 4) is 0 Å². The highest BCUT2D eigenvalue weighted by atomic mass is 28.4. The molecule has 17 heavy (non-hydrogen) atoms. The minimum atomic E-state index is -2.69. The van der Waals surface area contributed by atoms with Crippen LogP contribution in [-0.2, 0) is 4.12 Å². The van der Waals surface area contributed by atoms with Gasteiger partial charge in [-0.05, 0) is 26.2 Å². The van der Waals surface area contributed by atoms with Crippen molar-refractivity contribution in [2.75, 3.05) is 0 Å². The van der Waals surface area contributed by atoms with Gasteiger partial charge in [-0.25, -0.2) is 17.6 Å². The summed E-state index contributed by atoms with van der Waals surface area (Å²) in [7, 11) is -5.37. The first-order chi connectivity index (χ1) is 7.59. The number of fused-ring (bicyclic) bond motifs is 1. The molecule has 0 aliphatic carbocycles. The molecular formula is C10H12F4OSi2. The van der Waals surface area contributed by atoms with Gasteiger partial charge < -0.3 is 4.12 Å². The molecule has 0 saturated carbocycles. The summed E-state index contributed by atoms with van der Waals surface area (Å²) in [6.07, 6.45) is 0. The highest BCUT2D eigenvalue weighted by Crippen LogP contribution is 2.26. The summed E-state index contributed by atoms with van der Waals surface area (Å²) in [5.41, 5.74) is 0. The normalized spacial score (nSPS) is 20.5. The van der Waals surface area contributed by atoms with Crippen LogP contribution in [0.4, 0.5) is 17.6 Å². The topological polar surface area (TPSA) is 9.23 Å². The van der Waals surface area contributed by atoms with Crippen molar-refractivity contribution in [2.45, 2.75) is 26.2 Å². The minimum Gasteiger partial charge on any atom is -0.449 e. The third-order valence-corrected chi connectivity index (χ3v) is 10.7. The SMILES string of the molecule is C[Si]1(C)O[Si](C)(C)c2c(F)c(F)c(F)c(F)c21. The third-order valence-electron chi connectivity index (χ3n) is 2.98. The van der Waals surface area contributed by atoms with E-state index in [-0.39, 0.29) is 10.4 Å². The summed E-state index contributed by atoms with van der Waals surface area (Å²) in [6, 6.07) is 0. The van der Waals surface area contributed by atoms with Gasteiger partial charge in [0.15, 0.2) is 23.3 Å². The monoisotopic (exact) mass is 280 g/mol. The molecule has 1 heterocycles. The molecule has 0 N–H and O–H groups in total. The van der Waals surface area contributed by atoms with Crippen LogP contribution in [0.25, 0.3) is 0 Å². The van der Waals surface area contributed by atoms with Crippen molar-refractivity contribution in [3.63, 3.8) is 0 Å². The summed E-state index contributed by atoms with van der Waals surface area (Å²) in [6.45, 7) is 6.64. The molecule has 0 bridgehead atoms.